The van der Waals surface area contributed by atoms with E-state index in [1.165, 1.54) is 0 Å². The maximum atomic E-state index is 13.0. The van der Waals surface area contributed by atoms with Crippen LogP contribution in [-0.4, -0.2) is 12.9 Å². The summed E-state index contributed by atoms with van der Waals surface area (Å²) in [7, 11) is 1.62. The molecule has 4 nitrogen and oxygen atoms in total. The van der Waals surface area contributed by atoms with Gasteiger partial charge in [0.15, 0.2) is 5.78 Å². The summed E-state index contributed by atoms with van der Waals surface area (Å²) in [5.41, 5.74) is 6.29. The number of carbonyl (C=O) groups is 1. The molecule has 0 saturated carbocycles. The van der Waals surface area contributed by atoms with Gasteiger partial charge in [-0.25, -0.2) is 0 Å². The van der Waals surface area contributed by atoms with E-state index in [1.807, 2.05) is 37.3 Å². The molecule has 0 aliphatic heterocycles. The molecule has 4 heteroatoms. The molecule has 0 saturated heterocycles. The van der Waals surface area contributed by atoms with Crippen LogP contribution in [-0.2, 0) is 9.53 Å². The van der Waals surface area contributed by atoms with Crippen LogP contribution in [0.2, 0.25) is 0 Å². The summed E-state index contributed by atoms with van der Waals surface area (Å²) in [5, 5.41) is 8.67. The number of rotatable bonds is 6. The standard InChI is InChI=1S/C42H31NO3/c1-26(44)42(27(2)45-3)38-24-36-32-17-9-10-18-33(32)39(25-37(36)30-15-7-8-16-31(30)38)43(28-13-5-4-6-14-28)29-21-22-35-34-19-11-12-20-40(34)46-41(35)23-29/h4-25H,1-3H3/b42-27+. The van der Waals surface area contributed by atoms with E-state index in [4.69, 9.17) is 9.15 Å². The van der Waals surface area contributed by atoms with Gasteiger partial charge in [0, 0.05) is 33.6 Å². The minimum atomic E-state index is -0.0268. The van der Waals surface area contributed by atoms with Crippen molar-refractivity contribution in [3.63, 3.8) is 0 Å². The number of ether oxygens (including phenoxy) is 1. The highest BCUT2D eigenvalue weighted by atomic mass is 16.5. The molecule has 1 heterocycles. The van der Waals surface area contributed by atoms with E-state index in [0.29, 0.717) is 11.3 Å². The monoisotopic (exact) mass is 597 g/mol. The predicted molar refractivity (Wildman–Crippen MR) is 191 cm³/mol. The molecule has 0 unspecified atom stereocenters. The second-order valence-corrected chi connectivity index (χ2v) is 11.6. The van der Waals surface area contributed by atoms with Crippen LogP contribution in [0.4, 0.5) is 17.1 Å². The number of para-hydroxylation sites is 2. The Morgan fingerprint density at radius 3 is 1.85 bits per heavy atom. The number of Topliss-reactive ketones (excluding diaryl/α,β-unsaturated/α-hetero) is 1. The van der Waals surface area contributed by atoms with Crippen molar-refractivity contribution in [3.05, 3.63) is 145 Å². The maximum absolute atomic E-state index is 13.0. The van der Waals surface area contributed by atoms with Gasteiger partial charge in [-0.2, -0.15) is 0 Å². The number of anilines is 3. The smallest absolute Gasteiger partial charge is 0.163 e. The Kier molecular flexibility index (Phi) is 6.58. The number of methoxy groups -OCH3 is 1. The van der Waals surface area contributed by atoms with Crippen LogP contribution in [0.25, 0.3) is 59.8 Å². The molecule has 0 aliphatic rings. The molecular formula is C42H31NO3. The first-order chi connectivity index (χ1) is 22.5. The summed E-state index contributed by atoms with van der Waals surface area (Å²) in [6.45, 7) is 3.46. The van der Waals surface area contributed by atoms with Gasteiger partial charge in [0.2, 0.25) is 0 Å². The maximum Gasteiger partial charge on any atom is 0.163 e. The Balaban J connectivity index is 1.47. The van der Waals surface area contributed by atoms with Gasteiger partial charge in [-0.1, -0.05) is 84.9 Å². The van der Waals surface area contributed by atoms with Gasteiger partial charge >= 0.3 is 0 Å². The number of carbonyl (C=O) groups excluding carboxylic acids is 1. The number of allylic oxidation sites excluding steroid dienone is 2. The number of nitrogens with zero attached hydrogens (tertiary/aromatic N) is 1. The van der Waals surface area contributed by atoms with Gasteiger partial charge in [-0.3, -0.25) is 4.79 Å². The van der Waals surface area contributed by atoms with E-state index in [-0.39, 0.29) is 5.78 Å². The largest absolute Gasteiger partial charge is 0.501 e. The zero-order valence-electron chi connectivity index (χ0n) is 25.9. The van der Waals surface area contributed by atoms with E-state index in [9.17, 15) is 4.79 Å². The third-order valence-corrected chi connectivity index (χ3v) is 9.02. The third-order valence-electron chi connectivity index (χ3n) is 9.02. The van der Waals surface area contributed by atoms with E-state index < -0.39 is 0 Å². The lowest BCUT2D eigenvalue weighted by molar-refractivity contribution is -0.111. The fraction of sp³-hybridized carbons (Fsp3) is 0.0714. The molecule has 0 N–H and O–H groups in total. The molecule has 1 aromatic heterocycles. The van der Waals surface area contributed by atoms with Crippen molar-refractivity contribution in [1.82, 2.24) is 0 Å². The topological polar surface area (TPSA) is 42.7 Å². The third kappa shape index (κ3) is 4.33. The number of benzene rings is 7. The molecule has 222 valence electrons. The number of fused-ring (bicyclic) bond motifs is 8. The van der Waals surface area contributed by atoms with Gasteiger partial charge in [0.25, 0.3) is 0 Å². The molecule has 0 radical (unpaired) electrons. The van der Waals surface area contributed by atoms with Crippen LogP contribution in [0, 0.1) is 0 Å². The molecule has 0 amide bonds. The van der Waals surface area contributed by atoms with Crippen LogP contribution in [0.5, 0.6) is 0 Å². The molecule has 7 aromatic carbocycles. The Morgan fingerprint density at radius 2 is 1.13 bits per heavy atom. The first kappa shape index (κ1) is 27.7. The number of furan rings is 1. The van der Waals surface area contributed by atoms with E-state index in [2.05, 4.69) is 108 Å². The Morgan fingerprint density at radius 1 is 0.543 bits per heavy atom. The Labute approximate surface area is 266 Å². The fourth-order valence-corrected chi connectivity index (χ4v) is 6.91. The second-order valence-electron chi connectivity index (χ2n) is 11.6. The lowest BCUT2D eigenvalue weighted by atomic mass is 9.88. The van der Waals surface area contributed by atoms with Crippen molar-refractivity contribution in [2.75, 3.05) is 12.0 Å². The van der Waals surface area contributed by atoms with Gasteiger partial charge in [0.05, 0.1) is 18.4 Å². The molecular weight excluding hydrogens is 566 g/mol. The van der Waals surface area contributed by atoms with E-state index >= 15 is 0 Å². The lowest BCUT2D eigenvalue weighted by Crippen LogP contribution is -2.10. The van der Waals surface area contributed by atoms with Crippen molar-refractivity contribution in [1.29, 1.82) is 0 Å². The summed E-state index contributed by atoms with van der Waals surface area (Å²) in [6.07, 6.45) is 0. The molecule has 0 spiro atoms. The average molecular weight is 598 g/mol. The highest BCUT2D eigenvalue weighted by Crippen LogP contribution is 2.46. The normalized spacial score (nSPS) is 12.2. The van der Waals surface area contributed by atoms with Gasteiger partial charge in [0.1, 0.15) is 16.9 Å². The van der Waals surface area contributed by atoms with Crippen molar-refractivity contribution in [2.45, 2.75) is 13.8 Å². The zero-order chi connectivity index (χ0) is 31.4. The van der Waals surface area contributed by atoms with Crippen molar-refractivity contribution in [2.24, 2.45) is 0 Å². The second kappa shape index (κ2) is 10.9. The zero-order valence-corrected chi connectivity index (χ0v) is 25.9. The summed E-state index contributed by atoms with van der Waals surface area (Å²) < 4.78 is 12.0. The Hall–Kier alpha value is -5.87. The van der Waals surface area contributed by atoms with Crippen molar-refractivity contribution >= 4 is 82.7 Å². The number of hydrogen-bond donors (Lipinski definition) is 0. The fourth-order valence-electron chi connectivity index (χ4n) is 6.91. The highest BCUT2D eigenvalue weighted by Gasteiger charge is 2.22. The van der Waals surface area contributed by atoms with E-state index in [1.54, 1.807) is 14.0 Å². The molecule has 0 atom stereocenters. The lowest BCUT2D eigenvalue weighted by Gasteiger charge is -2.28. The molecule has 0 aliphatic carbocycles. The first-order valence-electron chi connectivity index (χ1n) is 15.4. The van der Waals surface area contributed by atoms with Crippen LogP contribution in [0.3, 0.4) is 0 Å². The van der Waals surface area contributed by atoms with Crippen molar-refractivity contribution in [3.8, 4) is 0 Å². The summed E-state index contributed by atoms with van der Waals surface area (Å²) >= 11 is 0. The van der Waals surface area contributed by atoms with Crippen LogP contribution < -0.4 is 4.90 Å². The molecule has 0 bridgehead atoms. The molecule has 46 heavy (non-hydrogen) atoms. The molecule has 0 fully saturated rings. The van der Waals surface area contributed by atoms with Crippen LogP contribution in [0.1, 0.15) is 19.4 Å². The molecule has 8 aromatic rings. The SMILES string of the molecule is CO/C(C)=C(\C(C)=O)c1cc2c3ccccc3c(N(c3ccccc3)c3ccc4c(c3)oc3ccccc34)cc2c2ccccc12. The predicted octanol–water partition coefficient (Wildman–Crippen LogP) is 11.5. The minimum absolute atomic E-state index is 0.0268. The summed E-state index contributed by atoms with van der Waals surface area (Å²) in [6, 6.07) is 46.4. The van der Waals surface area contributed by atoms with Crippen LogP contribution in [0.15, 0.2) is 144 Å². The highest BCUT2D eigenvalue weighted by molar-refractivity contribution is 6.29. The number of ketones is 1. The molecule has 8 rings (SSSR count). The first-order valence-corrected chi connectivity index (χ1v) is 15.4. The van der Waals surface area contributed by atoms with Crippen LogP contribution >= 0.6 is 0 Å². The minimum Gasteiger partial charge on any atom is -0.501 e. The summed E-state index contributed by atoms with van der Waals surface area (Å²) in [4.78, 5) is 15.4. The van der Waals surface area contributed by atoms with E-state index in [0.717, 1.165) is 76.9 Å². The quantitative estimate of drug-likeness (QED) is 0.109. The summed E-state index contributed by atoms with van der Waals surface area (Å²) in [5.74, 6) is 0.579. The van der Waals surface area contributed by atoms with Gasteiger partial charge in [-0.15, -0.1) is 0 Å². The van der Waals surface area contributed by atoms with Gasteiger partial charge < -0.3 is 14.1 Å². The van der Waals surface area contributed by atoms with Crippen molar-refractivity contribution < 1.29 is 13.9 Å². The Bertz CT molecular complexity index is 2510. The average Bonchev–Trinajstić information content (AvgIpc) is 3.47. The number of hydrogen-bond acceptors (Lipinski definition) is 4. The van der Waals surface area contributed by atoms with Gasteiger partial charge in [-0.05, 0) is 88.8 Å².